The normalized spacial score (nSPS) is 13.0. The molecular weight excluding hydrogens is 281 g/mol. The maximum Gasteiger partial charge on any atom is 0.458 e. The van der Waals surface area contributed by atoms with E-state index in [2.05, 4.69) is 0 Å². The second-order valence-electron chi connectivity index (χ2n) is 2.80. The van der Waals surface area contributed by atoms with Crippen LogP contribution in [0.4, 0.5) is 26.3 Å². The zero-order valence-electron chi connectivity index (χ0n) is 7.18. The third kappa shape index (κ3) is 2.08. The summed E-state index contributed by atoms with van der Waals surface area (Å²) in [6.45, 7) is 0. The van der Waals surface area contributed by atoms with Crippen LogP contribution in [-0.4, -0.2) is 6.18 Å². The average Bonchev–Trinajstić information content (AvgIpc) is 2.12. The van der Waals surface area contributed by atoms with Gasteiger partial charge in [-0.15, -0.1) is 0 Å². The Labute approximate surface area is 95.8 Å². The molecular formula is C8H2Cl2F6. The molecule has 0 fully saturated rings. The Morgan fingerprint density at radius 3 is 1.88 bits per heavy atom. The van der Waals surface area contributed by atoms with Gasteiger partial charge in [0.2, 0.25) is 0 Å². The van der Waals surface area contributed by atoms with Crippen LogP contribution in [0.15, 0.2) is 12.1 Å². The molecule has 0 N–H and O–H groups in total. The largest absolute Gasteiger partial charge is 0.458 e. The first-order valence-electron chi connectivity index (χ1n) is 3.67. The van der Waals surface area contributed by atoms with Crippen LogP contribution in [0.2, 0.25) is 10.0 Å². The summed E-state index contributed by atoms with van der Waals surface area (Å²) in [5.74, 6) is -6.74. The molecule has 1 rings (SSSR count). The van der Waals surface area contributed by atoms with Crippen LogP contribution in [-0.2, 0) is 5.92 Å². The van der Waals surface area contributed by atoms with Crippen molar-refractivity contribution in [3.8, 4) is 0 Å². The second-order valence-corrected chi connectivity index (χ2v) is 3.58. The van der Waals surface area contributed by atoms with Crippen LogP contribution in [0.3, 0.4) is 0 Å². The van der Waals surface area contributed by atoms with Gasteiger partial charge in [-0.3, -0.25) is 0 Å². The number of alkyl halides is 5. The van der Waals surface area contributed by atoms with Crippen LogP contribution in [0.5, 0.6) is 0 Å². The summed E-state index contributed by atoms with van der Waals surface area (Å²) in [6, 6.07) is 0.916. The lowest BCUT2D eigenvalue weighted by atomic mass is 10.1. The van der Waals surface area contributed by atoms with E-state index in [9.17, 15) is 26.3 Å². The van der Waals surface area contributed by atoms with Gasteiger partial charge in [0.1, 0.15) is 0 Å². The van der Waals surface area contributed by atoms with Gasteiger partial charge in [-0.25, -0.2) is 4.39 Å². The van der Waals surface area contributed by atoms with Crippen LogP contribution in [0.1, 0.15) is 5.56 Å². The molecule has 0 bridgehead atoms. The summed E-state index contributed by atoms with van der Waals surface area (Å²) in [4.78, 5) is 0. The number of hydrogen-bond acceptors (Lipinski definition) is 0. The fourth-order valence-corrected chi connectivity index (χ4v) is 1.41. The Bertz CT molecular complexity index is 412. The van der Waals surface area contributed by atoms with Crippen molar-refractivity contribution in [3.05, 3.63) is 33.6 Å². The molecule has 16 heavy (non-hydrogen) atoms. The van der Waals surface area contributed by atoms with Gasteiger partial charge in [0.05, 0.1) is 15.6 Å². The predicted octanol–water partition coefficient (Wildman–Crippen LogP) is 4.79. The third-order valence-corrected chi connectivity index (χ3v) is 2.39. The predicted molar refractivity (Wildman–Crippen MR) is 46.4 cm³/mol. The molecule has 0 aliphatic rings. The highest BCUT2D eigenvalue weighted by Gasteiger charge is 2.59. The number of hydrogen-bond donors (Lipinski definition) is 0. The van der Waals surface area contributed by atoms with Crippen molar-refractivity contribution in [2.24, 2.45) is 0 Å². The van der Waals surface area contributed by atoms with E-state index in [-0.39, 0.29) is 0 Å². The summed E-state index contributed by atoms with van der Waals surface area (Å²) in [6.07, 6.45) is -5.85. The lowest BCUT2D eigenvalue weighted by Crippen LogP contribution is -2.34. The number of benzene rings is 1. The van der Waals surface area contributed by atoms with Gasteiger partial charge >= 0.3 is 12.1 Å². The van der Waals surface area contributed by atoms with Crippen molar-refractivity contribution in [3.63, 3.8) is 0 Å². The Balaban J connectivity index is 3.41. The van der Waals surface area contributed by atoms with Crippen molar-refractivity contribution >= 4 is 23.2 Å². The molecule has 0 unspecified atom stereocenters. The van der Waals surface area contributed by atoms with Gasteiger partial charge in [-0.05, 0) is 12.1 Å². The highest BCUT2D eigenvalue weighted by atomic mass is 35.5. The molecule has 0 saturated heterocycles. The molecule has 0 aliphatic carbocycles. The molecule has 0 aliphatic heterocycles. The van der Waals surface area contributed by atoms with Gasteiger partial charge in [-0.2, -0.15) is 22.0 Å². The van der Waals surface area contributed by atoms with Crippen LogP contribution in [0.25, 0.3) is 0 Å². The molecule has 1 aromatic carbocycles. The summed E-state index contributed by atoms with van der Waals surface area (Å²) in [5, 5.41) is -1.97. The molecule has 0 radical (unpaired) electrons. The molecule has 0 heterocycles. The molecule has 0 aromatic heterocycles. The Kier molecular flexibility index (Phi) is 3.36. The van der Waals surface area contributed by atoms with Crippen molar-refractivity contribution in [2.75, 3.05) is 0 Å². The minimum atomic E-state index is -5.85. The Hall–Kier alpha value is -0.620. The fourth-order valence-electron chi connectivity index (χ4n) is 0.921. The number of halogens is 8. The van der Waals surface area contributed by atoms with Gasteiger partial charge < -0.3 is 0 Å². The summed E-state index contributed by atoms with van der Waals surface area (Å²) in [5.41, 5.74) is -1.66. The lowest BCUT2D eigenvalue weighted by molar-refractivity contribution is -0.289. The smallest absolute Gasteiger partial charge is 0.204 e. The first-order chi connectivity index (χ1) is 7.09. The first kappa shape index (κ1) is 13.4. The van der Waals surface area contributed by atoms with Gasteiger partial charge in [0.25, 0.3) is 0 Å². The first-order valence-corrected chi connectivity index (χ1v) is 4.43. The highest BCUT2D eigenvalue weighted by molar-refractivity contribution is 6.35. The maximum absolute atomic E-state index is 12.9. The quantitative estimate of drug-likeness (QED) is 0.513. The van der Waals surface area contributed by atoms with Gasteiger partial charge in [0.15, 0.2) is 5.82 Å². The van der Waals surface area contributed by atoms with E-state index in [1.165, 1.54) is 0 Å². The molecule has 0 amide bonds. The van der Waals surface area contributed by atoms with E-state index in [0.717, 1.165) is 0 Å². The van der Waals surface area contributed by atoms with E-state index in [0.29, 0.717) is 12.1 Å². The SMILES string of the molecule is Fc1c(Cl)ccc(C(F)(F)C(F)(F)F)c1Cl. The zero-order chi connectivity index (χ0) is 12.7. The zero-order valence-corrected chi connectivity index (χ0v) is 8.69. The molecule has 1 aromatic rings. The van der Waals surface area contributed by atoms with Crippen molar-refractivity contribution < 1.29 is 26.3 Å². The Morgan fingerprint density at radius 1 is 0.938 bits per heavy atom. The Morgan fingerprint density at radius 2 is 1.44 bits per heavy atom. The fraction of sp³-hybridized carbons (Fsp3) is 0.250. The van der Waals surface area contributed by atoms with Crippen LogP contribution in [0, 0.1) is 5.82 Å². The lowest BCUT2D eigenvalue weighted by Gasteiger charge is -2.21. The summed E-state index contributed by atoms with van der Waals surface area (Å²) in [7, 11) is 0. The van der Waals surface area contributed by atoms with Crippen LogP contribution >= 0.6 is 23.2 Å². The average molecular weight is 283 g/mol. The summed E-state index contributed by atoms with van der Waals surface area (Å²) < 4.78 is 74.5. The maximum atomic E-state index is 12.9. The van der Waals surface area contributed by atoms with Gasteiger partial charge in [-0.1, -0.05) is 23.2 Å². The van der Waals surface area contributed by atoms with E-state index in [4.69, 9.17) is 23.2 Å². The summed E-state index contributed by atoms with van der Waals surface area (Å²) >= 11 is 10.2. The second kappa shape index (κ2) is 4.00. The molecule has 0 nitrogen and oxygen atoms in total. The van der Waals surface area contributed by atoms with Crippen LogP contribution < -0.4 is 0 Å². The molecule has 8 heteroatoms. The number of rotatable bonds is 1. The van der Waals surface area contributed by atoms with Crippen molar-refractivity contribution in [2.45, 2.75) is 12.1 Å². The van der Waals surface area contributed by atoms with E-state index < -0.39 is 33.5 Å². The minimum absolute atomic E-state index is 0.335. The topological polar surface area (TPSA) is 0 Å². The molecule has 0 atom stereocenters. The monoisotopic (exact) mass is 282 g/mol. The molecule has 0 saturated carbocycles. The van der Waals surface area contributed by atoms with Crippen molar-refractivity contribution in [1.29, 1.82) is 0 Å². The molecule has 0 spiro atoms. The van der Waals surface area contributed by atoms with Crippen molar-refractivity contribution in [1.82, 2.24) is 0 Å². The van der Waals surface area contributed by atoms with E-state index in [1.807, 2.05) is 0 Å². The highest BCUT2D eigenvalue weighted by Crippen LogP contribution is 2.47. The third-order valence-electron chi connectivity index (χ3n) is 1.73. The molecule has 90 valence electrons. The van der Waals surface area contributed by atoms with E-state index >= 15 is 0 Å². The van der Waals surface area contributed by atoms with Gasteiger partial charge in [0, 0.05) is 0 Å². The van der Waals surface area contributed by atoms with E-state index in [1.54, 1.807) is 0 Å². The standard InChI is InChI=1S/C8H2Cl2F6/c9-4-2-1-3(5(10)6(4)11)7(12,13)8(14,15)16/h1-2H. The minimum Gasteiger partial charge on any atom is -0.204 e.